The molecular formula is C10H16N4O2. The molecule has 1 aromatic rings. The van der Waals surface area contributed by atoms with Crippen LogP contribution in [0.4, 0.5) is 0 Å². The highest BCUT2D eigenvalue weighted by atomic mass is 16.3. The Hall–Kier alpha value is -1.40. The van der Waals surface area contributed by atoms with Crippen molar-refractivity contribution in [3.05, 3.63) is 22.2 Å². The molecule has 0 saturated carbocycles. The van der Waals surface area contributed by atoms with E-state index in [1.54, 1.807) is 0 Å². The van der Waals surface area contributed by atoms with E-state index < -0.39 is 0 Å². The van der Waals surface area contributed by atoms with Crippen molar-refractivity contribution in [3.8, 4) is 5.88 Å². The molecule has 1 aliphatic heterocycles. The summed E-state index contributed by atoms with van der Waals surface area (Å²) in [6.07, 6.45) is 0. The predicted molar refractivity (Wildman–Crippen MR) is 59.4 cm³/mol. The number of aromatic hydroxyl groups is 1. The minimum Gasteiger partial charge on any atom is -0.493 e. The zero-order chi connectivity index (χ0) is 11.5. The molecule has 0 bridgehead atoms. The Labute approximate surface area is 93.3 Å². The van der Waals surface area contributed by atoms with Crippen LogP contribution in [0.5, 0.6) is 5.88 Å². The molecule has 2 heterocycles. The number of hydrogen-bond donors (Lipinski definition) is 3. The molecule has 0 amide bonds. The Bertz CT molecular complexity index is 412. The average Bonchev–Trinajstić information content (AvgIpc) is 2.28. The number of hydrogen-bond acceptors (Lipinski definition) is 5. The molecule has 0 aliphatic carbocycles. The molecule has 16 heavy (non-hydrogen) atoms. The van der Waals surface area contributed by atoms with Gasteiger partial charge < -0.3 is 15.4 Å². The molecule has 6 nitrogen and oxygen atoms in total. The molecule has 1 unspecified atom stereocenters. The van der Waals surface area contributed by atoms with Crippen molar-refractivity contribution in [1.29, 1.82) is 0 Å². The molecule has 3 N–H and O–H groups in total. The number of H-pyrrole nitrogens is 1. The summed E-state index contributed by atoms with van der Waals surface area (Å²) < 4.78 is 0. The summed E-state index contributed by atoms with van der Waals surface area (Å²) in [5.74, 6) is 0.299. The highest BCUT2D eigenvalue weighted by molar-refractivity contribution is 5.08. The van der Waals surface area contributed by atoms with E-state index in [0.29, 0.717) is 5.82 Å². The van der Waals surface area contributed by atoms with Gasteiger partial charge in [0.1, 0.15) is 5.82 Å². The van der Waals surface area contributed by atoms with Gasteiger partial charge in [-0.05, 0) is 6.92 Å². The van der Waals surface area contributed by atoms with Gasteiger partial charge in [0.05, 0.1) is 12.1 Å². The molecule has 1 aromatic heterocycles. The van der Waals surface area contributed by atoms with Crippen LogP contribution in [-0.2, 0) is 0 Å². The monoisotopic (exact) mass is 224 g/mol. The number of aromatic amines is 1. The molecule has 6 heteroatoms. The standard InChI is InChI=1S/C10H16N4O2/c1-7(14-4-2-11-3-5-14)10-12-8(15)6-9(16)13-10/h6-7,11H,2-5H2,1H3,(H2,12,13,15,16). The van der Waals surface area contributed by atoms with Crippen molar-refractivity contribution in [3.63, 3.8) is 0 Å². The van der Waals surface area contributed by atoms with E-state index in [0.717, 1.165) is 32.2 Å². The van der Waals surface area contributed by atoms with Crippen LogP contribution in [0.2, 0.25) is 0 Å². The fourth-order valence-electron chi connectivity index (χ4n) is 1.90. The van der Waals surface area contributed by atoms with Gasteiger partial charge in [0.15, 0.2) is 0 Å². The third kappa shape index (κ3) is 2.40. The minimum absolute atomic E-state index is 0.0156. The quantitative estimate of drug-likeness (QED) is 0.627. The van der Waals surface area contributed by atoms with Gasteiger partial charge >= 0.3 is 0 Å². The van der Waals surface area contributed by atoms with Crippen LogP contribution in [-0.4, -0.2) is 46.2 Å². The number of nitrogens with zero attached hydrogens (tertiary/aromatic N) is 2. The van der Waals surface area contributed by atoms with Crippen molar-refractivity contribution in [2.45, 2.75) is 13.0 Å². The van der Waals surface area contributed by atoms with Crippen molar-refractivity contribution >= 4 is 0 Å². The Morgan fingerprint density at radius 2 is 2.19 bits per heavy atom. The lowest BCUT2D eigenvalue weighted by Gasteiger charge is -2.31. The van der Waals surface area contributed by atoms with Crippen LogP contribution >= 0.6 is 0 Å². The highest BCUT2D eigenvalue weighted by Gasteiger charge is 2.20. The van der Waals surface area contributed by atoms with Gasteiger partial charge in [0.25, 0.3) is 5.56 Å². The summed E-state index contributed by atoms with van der Waals surface area (Å²) in [5, 5.41) is 12.5. The Kier molecular flexibility index (Phi) is 3.21. The number of aromatic nitrogens is 2. The maximum absolute atomic E-state index is 11.2. The third-order valence-electron chi connectivity index (χ3n) is 2.84. The van der Waals surface area contributed by atoms with Gasteiger partial charge in [-0.3, -0.25) is 9.69 Å². The molecular weight excluding hydrogens is 208 g/mol. The first-order valence-corrected chi connectivity index (χ1v) is 5.42. The average molecular weight is 224 g/mol. The maximum atomic E-state index is 11.2. The second kappa shape index (κ2) is 4.63. The van der Waals surface area contributed by atoms with Gasteiger partial charge in [-0.15, -0.1) is 0 Å². The summed E-state index contributed by atoms with van der Waals surface area (Å²) >= 11 is 0. The number of piperazine rings is 1. The summed E-state index contributed by atoms with van der Waals surface area (Å²) in [4.78, 5) is 20.0. The lowest BCUT2D eigenvalue weighted by atomic mass is 10.2. The van der Waals surface area contributed by atoms with Gasteiger partial charge in [-0.25, -0.2) is 0 Å². The lowest BCUT2D eigenvalue weighted by molar-refractivity contribution is 0.178. The van der Waals surface area contributed by atoms with Crippen LogP contribution in [0.1, 0.15) is 18.8 Å². The van der Waals surface area contributed by atoms with Crippen LogP contribution in [0.15, 0.2) is 10.9 Å². The van der Waals surface area contributed by atoms with E-state index in [1.807, 2.05) is 6.92 Å². The lowest BCUT2D eigenvalue weighted by Crippen LogP contribution is -2.45. The Morgan fingerprint density at radius 1 is 1.50 bits per heavy atom. The molecule has 0 aromatic carbocycles. The van der Waals surface area contributed by atoms with E-state index in [4.69, 9.17) is 0 Å². The molecule has 0 spiro atoms. The SMILES string of the molecule is CC(c1nc(O)cc(=O)[nH]1)N1CCNCC1. The molecule has 88 valence electrons. The fraction of sp³-hybridized carbons (Fsp3) is 0.600. The smallest absolute Gasteiger partial charge is 0.254 e. The van der Waals surface area contributed by atoms with Crippen molar-refractivity contribution in [1.82, 2.24) is 20.2 Å². The second-order valence-electron chi connectivity index (χ2n) is 3.95. The van der Waals surface area contributed by atoms with Gasteiger partial charge in [-0.1, -0.05) is 0 Å². The van der Waals surface area contributed by atoms with Gasteiger partial charge in [0, 0.05) is 26.2 Å². The van der Waals surface area contributed by atoms with E-state index in [2.05, 4.69) is 20.2 Å². The largest absolute Gasteiger partial charge is 0.493 e. The van der Waals surface area contributed by atoms with Crippen LogP contribution in [0.25, 0.3) is 0 Å². The zero-order valence-electron chi connectivity index (χ0n) is 9.23. The van der Waals surface area contributed by atoms with Crippen molar-refractivity contribution in [2.24, 2.45) is 0 Å². The van der Waals surface area contributed by atoms with Gasteiger partial charge in [-0.2, -0.15) is 4.98 Å². The second-order valence-corrected chi connectivity index (χ2v) is 3.95. The zero-order valence-corrected chi connectivity index (χ0v) is 9.23. The number of rotatable bonds is 2. The molecule has 2 rings (SSSR count). The Morgan fingerprint density at radius 3 is 2.81 bits per heavy atom. The minimum atomic E-state index is -0.315. The summed E-state index contributed by atoms with van der Waals surface area (Å²) in [6, 6.07) is 1.09. The topological polar surface area (TPSA) is 81.2 Å². The summed E-state index contributed by atoms with van der Waals surface area (Å²) in [6.45, 7) is 5.69. The van der Waals surface area contributed by atoms with E-state index in [9.17, 15) is 9.90 Å². The maximum Gasteiger partial charge on any atom is 0.254 e. The fourth-order valence-corrected chi connectivity index (χ4v) is 1.90. The van der Waals surface area contributed by atoms with E-state index in [1.165, 1.54) is 0 Å². The summed E-state index contributed by atoms with van der Waals surface area (Å²) in [7, 11) is 0. The predicted octanol–water partition coefficient (Wildman–Crippen LogP) is -0.558. The highest BCUT2D eigenvalue weighted by Crippen LogP contribution is 2.16. The normalized spacial score (nSPS) is 19.6. The molecule has 1 saturated heterocycles. The first-order valence-electron chi connectivity index (χ1n) is 5.42. The first-order chi connectivity index (χ1) is 7.66. The third-order valence-corrected chi connectivity index (χ3v) is 2.84. The van der Waals surface area contributed by atoms with Crippen LogP contribution in [0.3, 0.4) is 0 Å². The van der Waals surface area contributed by atoms with Crippen molar-refractivity contribution in [2.75, 3.05) is 26.2 Å². The molecule has 1 atom stereocenters. The van der Waals surface area contributed by atoms with Crippen LogP contribution < -0.4 is 10.9 Å². The van der Waals surface area contributed by atoms with Gasteiger partial charge in [0.2, 0.25) is 5.88 Å². The molecule has 1 fully saturated rings. The Balaban J connectivity index is 2.18. The van der Waals surface area contributed by atoms with Crippen molar-refractivity contribution < 1.29 is 5.11 Å². The molecule has 0 radical (unpaired) electrons. The molecule has 1 aliphatic rings. The van der Waals surface area contributed by atoms with E-state index in [-0.39, 0.29) is 17.5 Å². The summed E-state index contributed by atoms with van der Waals surface area (Å²) in [5.41, 5.74) is -0.315. The first kappa shape index (κ1) is 11.1. The number of nitrogens with one attached hydrogen (secondary N) is 2. The van der Waals surface area contributed by atoms with E-state index >= 15 is 0 Å². The van der Waals surface area contributed by atoms with Crippen LogP contribution in [0, 0.1) is 0 Å².